The van der Waals surface area contributed by atoms with Gasteiger partial charge in [-0.25, -0.2) is 0 Å². The standard InChI is InChI=1S/C14H22N2OS2/c1-16-9-4-5-12(16)11-15-14(17)7-3-2-6-13-8-10-18-19-13/h4-5,9,13H,2-3,6-8,10-11H2,1H3,(H,15,17)/t13-/m0/s1. The van der Waals surface area contributed by atoms with Gasteiger partial charge in [0.2, 0.25) is 5.91 Å². The molecule has 0 spiro atoms. The lowest BCUT2D eigenvalue weighted by atomic mass is 10.1. The average Bonchev–Trinajstić information content (AvgIpc) is 3.04. The van der Waals surface area contributed by atoms with Gasteiger partial charge >= 0.3 is 0 Å². The lowest BCUT2D eigenvalue weighted by molar-refractivity contribution is -0.121. The van der Waals surface area contributed by atoms with Crippen molar-refractivity contribution in [2.75, 3.05) is 5.75 Å². The number of nitrogens with zero attached hydrogens (tertiary/aromatic N) is 1. The van der Waals surface area contributed by atoms with E-state index in [1.54, 1.807) is 0 Å². The molecule has 1 aromatic heterocycles. The third-order valence-corrected chi connectivity index (χ3v) is 6.43. The van der Waals surface area contributed by atoms with Gasteiger partial charge in [-0.05, 0) is 31.4 Å². The monoisotopic (exact) mass is 298 g/mol. The molecule has 1 saturated heterocycles. The van der Waals surface area contributed by atoms with E-state index in [1.807, 2.05) is 51.5 Å². The van der Waals surface area contributed by atoms with Crippen LogP contribution in [0.2, 0.25) is 0 Å². The lowest BCUT2D eigenvalue weighted by Gasteiger charge is -2.08. The average molecular weight is 298 g/mol. The minimum Gasteiger partial charge on any atom is -0.353 e. The number of nitrogens with one attached hydrogen (secondary N) is 1. The normalized spacial score (nSPS) is 18.7. The molecule has 1 aliphatic heterocycles. The number of hydrogen-bond acceptors (Lipinski definition) is 3. The van der Waals surface area contributed by atoms with Crippen LogP contribution < -0.4 is 5.32 Å². The number of amides is 1. The highest BCUT2D eigenvalue weighted by molar-refractivity contribution is 8.77. The van der Waals surface area contributed by atoms with Crippen molar-refractivity contribution in [2.24, 2.45) is 7.05 Å². The van der Waals surface area contributed by atoms with Gasteiger partial charge in [0.1, 0.15) is 0 Å². The van der Waals surface area contributed by atoms with Crippen molar-refractivity contribution in [1.82, 2.24) is 9.88 Å². The van der Waals surface area contributed by atoms with E-state index in [4.69, 9.17) is 0 Å². The Balaban J connectivity index is 1.53. The first-order valence-electron chi connectivity index (χ1n) is 6.91. The number of aromatic nitrogens is 1. The summed E-state index contributed by atoms with van der Waals surface area (Å²) in [6.45, 7) is 0.636. The molecule has 1 aliphatic rings. The highest BCUT2D eigenvalue weighted by Crippen LogP contribution is 2.39. The van der Waals surface area contributed by atoms with E-state index >= 15 is 0 Å². The van der Waals surface area contributed by atoms with Crippen LogP contribution >= 0.6 is 21.6 Å². The number of aryl methyl sites for hydroxylation is 1. The summed E-state index contributed by atoms with van der Waals surface area (Å²) in [5.74, 6) is 1.47. The van der Waals surface area contributed by atoms with Crippen LogP contribution in [0.3, 0.4) is 0 Å². The Morgan fingerprint density at radius 2 is 2.42 bits per heavy atom. The van der Waals surface area contributed by atoms with Gasteiger partial charge in [-0.2, -0.15) is 0 Å². The van der Waals surface area contributed by atoms with Crippen LogP contribution in [0.4, 0.5) is 0 Å². The molecule has 0 bridgehead atoms. The molecular weight excluding hydrogens is 276 g/mol. The summed E-state index contributed by atoms with van der Waals surface area (Å²) < 4.78 is 2.04. The Labute approximate surface area is 123 Å². The predicted molar refractivity (Wildman–Crippen MR) is 84.2 cm³/mol. The van der Waals surface area contributed by atoms with E-state index in [9.17, 15) is 4.79 Å². The molecule has 0 unspecified atom stereocenters. The van der Waals surface area contributed by atoms with Crippen molar-refractivity contribution in [3.63, 3.8) is 0 Å². The fraction of sp³-hybridized carbons (Fsp3) is 0.643. The van der Waals surface area contributed by atoms with Crippen molar-refractivity contribution >= 4 is 27.5 Å². The minimum absolute atomic E-state index is 0.176. The molecule has 3 nitrogen and oxygen atoms in total. The molecule has 5 heteroatoms. The number of carbonyl (C=O) groups is 1. The molecule has 0 saturated carbocycles. The van der Waals surface area contributed by atoms with Crippen molar-refractivity contribution in [3.8, 4) is 0 Å². The molecule has 1 atom stereocenters. The fourth-order valence-electron chi connectivity index (χ4n) is 2.18. The Morgan fingerprint density at radius 1 is 1.53 bits per heavy atom. The number of rotatable bonds is 7. The minimum atomic E-state index is 0.176. The molecule has 1 aromatic rings. The van der Waals surface area contributed by atoms with Gasteiger partial charge < -0.3 is 9.88 Å². The van der Waals surface area contributed by atoms with Crippen molar-refractivity contribution < 1.29 is 4.79 Å². The number of unbranched alkanes of at least 4 members (excludes halogenated alkanes) is 1. The Bertz CT molecular complexity index is 400. The largest absolute Gasteiger partial charge is 0.353 e. The SMILES string of the molecule is Cn1cccc1CNC(=O)CCCC[C@H]1CCSS1. The van der Waals surface area contributed by atoms with Crippen molar-refractivity contribution in [3.05, 3.63) is 24.0 Å². The summed E-state index contributed by atoms with van der Waals surface area (Å²) >= 11 is 0. The molecule has 106 valence electrons. The van der Waals surface area contributed by atoms with E-state index in [2.05, 4.69) is 5.32 Å². The molecule has 1 fully saturated rings. The summed E-state index contributed by atoms with van der Waals surface area (Å²) in [4.78, 5) is 11.7. The van der Waals surface area contributed by atoms with Crippen LogP contribution in [0.15, 0.2) is 18.3 Å². The molecule has 2 heterocycles. The van der Waals surface area contributed by atoms with Crippen molar-refractivity contribution in [2.45, 2.75) is 43.9 Å². The van der Waals surface area contributed by atoms with E-state index in [0.29, 0.717) is 13.0 Å². The smallest absolute Gasteiger partial charge is 0.220 e. The topological polar surface area (TPSA) is 34.0 Å². The molecule has 1 N–H and O–H groups in total. The third-order valence-electron chi connectivity index (χ3n) is 3.43. The Morgan fingerprint density at radius 3 is 3.11 bits per heavy atom. The van der Waals surface area contributed by atoms with Crippen LogP contribution in [-0.2, 0) is 18.4 Å². The summed E-state index contributed by atoms with van der Waals surface area (Å²) in [7, 11) is 6.01. The maximum absolute atomic E-state index is 11.7. The van der Waals surface area contributed by atoms with Gasteiger partial charge in [-0.3, -0.25) is 4.79 Å². The zero-order valence-electron chi connectivity index (χ0n) is 11.4. The van der Waals surface area contributed by atoms with E-state index < -0.39 is 0 Å². The van der Waals surface area contributed by atoms with Gasteiger partial charge in [0.15, 0.2) is 0 Å². The highest BCUT2D eigenvalue weighted by atomic mass is 33.1. The molecular formula is C14H22N2OS2. The first-order valence-corrected chi connectivity index (χ1v) is 9.29. The molecule has 0 radical (unpaired) electrons. The van der Waals surface area contributed by atoms with Crippen LogP contribution in [0.1, 0.15) is 37.8 Å². The second kappa shape index (κ2) is 7.90. The van der Waals surface area contributed by atoms with E-state index in [-0.39, 0.29) is 5.91 Å². The summed E-state index contributed by atoms with van der Waals surface area (Å²) in [5.41, 5.74) is 1.15. The van der Waals surface area contributed by atoms with Gasteiger partial charge in [0.25, 0.3) is 0 Å². The highest BCUT2D eigenvalue weighted by Gasteiger charge is 2.15. The van der Waals surface area contributed by atoms with Crippen LogP contribution in [0.5, 0.6) is 0 Å². The van der Waals surface area contributed by atoms with Crippen LogP contribution in [0, 0.1) is 0 Å². The number of carbonyl (C=O) groups excluding carboxylic acids is 1. The van der Waals surface area contributed by atoms with E-state index in [0.717, 1.165) is 17.4 Å². The second-order valence-corrected chi connectivity index (χ2v) is 7.75. The predicted octanol–water partition coefficient (Wildman–Crippen LogP) is 3.36. The van der Waals surface area contributed by atoms with Gasteiger partial charge in [0, 0.05) is 36.4 Å². The lowest BCUT2D eigenvalue weighted by Crippen LogP contribution is -2.23. The Kier molecular flexibility index (Phi) is 6.17. The maximum Gasteiger partial charge on any atom is 0.220 e. The summed E-state index contributed by atoms with van der Waals surface area (Å²) in [5, 5.41) is 3.82. The first kappa shape index (κ1) is 14.9. The molecule has 2 rings (SSSR count). The third kappa shape index (κ3) is 5.15. The maximum atomic E-state index is 11.7. The van der Waals surface area contributed by atoms with Crippen LogP contribution in [0.25, 0.3) is 0 Å². The zero-order chi connectivity index (χ0) is 13.5. The fourth-order valence-corrected chi connectivity index (χ4v) is 5.21. The van der Waals surface area contributed by atoms with Gasteiger partial charge in [0.05, 0.1) is 6.54 Å². The molecule has 0 aromatic carbocycles. The Hall–Kier alpha value is -0.550. The molecule has 0 aliphatic carbocycles. The zero-order valence-corrected chi connectivity index (χ0v) is 13.1. The van der Waals surface area contributed by atoms with E-state index in [1.165, 1.54) is 25.0 Å². The van der Waals surface area contributed by atoms with Crippen molar-refractivity contribution in [1.29, 1.82) is 0 Å². The molecule has 1 amide bonds. The summed E-state index contributed by atoms with van der Waals surface area (Å²) in [6, 6.07) is 4.04. The van der Waals surface area contributed by atoms with Gasteiger partial charge in [-0.1, -0.05) is 28.0 Å². The van der Waals surface area contributed by atoms with Crippen LogP contribution in [-0.4, -0.2) is 21.5 Å². The first-order chi connectivity index (χ1) is 9.25. The van der Waals surface area contributed by atoms with Gasteiger partial charge in [-0.15, -0.1) is 0 Å². The number of hydrogen-bond donors (Lipinski definition) is 1. The second-order valence-electron chi connectivity index (χ2n) is 4.96. The molecule has 19 heavy (non-hydrogen) atoms. The quantitative estimate of drug-likeness (QED) is 0.619. The summed E-state index contributed by atoms with van der Waals surface area (Å²) in [6.07, 6.45) is 7.46.